The highest BCUT2D eigenvalue weighted by Crippen LogP contribution is 2.41. The van der Waals surface area contributed by atoms with E-state index >= 15 is 0 Å². The van der Waals surface area contributed by atoms with Crippen molar-refractivity contribution in [2.24, 2.45) is 0 Å². The fraction of sp³-hybridized carbons (Fsp3) is 0.200. The van der Waals surface area contributed by atoms with Crippen molar-refractivity contribution in [3.05, 3.63) is 30.3 Å². The zero-order chi connectivity index (χ0) is 14.8. The summed E-state index contributed by atoms with van der Waals surface area (Å²) in [5.74, 6) is 3.51. The lowest BCUT2D eigenvalue weighted by atomic mass is 10.2. The van der Waals surface area contributed by atoms with Crippen LogP contribution in [-0.4, -0.2) is 21.0 Å². The quantitative estimate of drug-likeness (QED) is 0.873. The first-order valence-corrected chi connectivity index (χ1v) is 6.30. The topological polar surface area (TPSA) is 72.2 Å². The molecule has 6 heteroatoms. The molecule has 110 valence electrons. The molecule has 0 saturated carbocycles. The minimum Gasteiger partial charge on any atom is -0.493 e. The Morgan fingerprint density at radius 3 is 2.38 bits per heavy atom. The van der Waals surface area contributed by atoms with Crippen molar-refractivity contribution in [1.29, 1.82) is 0 Å². The van der Waals surface area contributed by atoms with Crippen molar-refractivity contribution in [1.82, 2.24) is 0 Å². The van der Waals surface area contributed by atoms with Crippen molar-refractivity contribution >= 4 is 5.69 Å². The van der Waals surface area contributed by atoms with Crippen LogP contribution in [0.5, 0.6) is 34.5 Å². The lowest BCUT2D eigenvalue weighted by Gasteiger charge is -2.13. The Morgan fingerprint density at radius 2 is 1.62 bits per heavy atom. The van der Waals surface area contributed by atoms with Gasteiger partial charge in [-0.2, -0.15) is 0 Å². The Morgan fingerprint density at radius 1 is 0.905 bits per heavy atom. The van der Waals surface area contributed by atoms with Gasteiger partial charge in [-0.05, 0) is 12.1 Å². The molecule has 0 bridgehead atoms. The second kappa shape index (κ2) is 5.32. The molecule has 0 aliphatic carbocycles. The van der Waals surface area contributed by atoms with Crippen molar-refractivity contribution in [2.45, 2.75) is 0 Å². The molecule has 0 amide bonds. The van der Waals surface area contributed by atoms with Gasteiger partial charge in [0.2, 0.25) is 6.79 Å². The van der Waals surface area contributed by atoms with Gasteiger partial charge in [0.05, 0.1) is 19.9 Å². The fourth-order valence-corrected chi connectivity index (χ4v) is 2.03. The molecule has 1 aliphatic heterocycles. The summed E-state index contributed by atoms with van der Waals surface area (Å²) >= 11 is 0. The minimum atomic E-state index is 0.220. The third kappa shape index (κ3) is 2.47. The first kappa shape index (κ1) is 13.2. The van der Waals surface area contributed by atoms with Gasteiger partial charge in [-0.25, -0.2) is 0 Å². The Hall–Kier alpha value is -2.76. The summed E-state index contributed by atoms with van der Waals surface area (Å²) < 4.78 is 26.8. The number of anilines is 1. The number of nitrogen functional groups attached to an aromatic ring is 1. The number of rotatable bonds is 4. The molecular weight excluding hydrogens is 274 g/mol. The number of nitrogens with two attached hydrogens (primary N) is 1. The van der Waals surface area contributed by atoms with Gasteiger partial charge in [0, 0.05) is 18.2 Å². The van der Waals surface area contributed by atoms with Crippen molar-refractivity contribution in [3.63, 3.8) is 0 Å². The lowest BCUT2D eigenvalue weighted by molar-refractivity contribution is 0.174. The van der Waals surface area contributed by atoms with E-state index < -0.39 is 0 Å². The predicted octanol–water partition coefficient (Wildman–Crippen LogP) is 2.81. The molecule has 2 aromatic carbocycles. The van der Waals surface area contributed by atoms with Crippen LogP contribution in [0.2, 0.25) is 0 Å². The van der Waals surface area contributed by atoms with E-state index in [1.165, 1.54) is 0 Å². The summed E-state index contributed by atoms with van der Waals surface area (Å²) in [6, 6.07) is 8.65. The van der Waals surface area contributed by atoms with Gasteiger partial charge in [0.1, 0.15) is 5.75 Å². The van der Waals surface area contributed by atoms with E-state index in [9.17, 15) is 0 Å². The monoisotopic (exact) mass is 289 g/mol. The number of methoxy groups -OCH3 is 2. The van der Waals surface area contributed by atoms with E-state index in [1.54, 1.807) is 44.6 Å². The number of benzene rings is 2. The summed E-state index contributed by atoms with van der Waals surface area (Å²) in [4.78, 5) is 0. The van der Waals surface area contributed by atoms with Crippen molar-refractivity contribution in [3.8, 4) is 34.5 Å². The van der Waals surface area contributed by atoms with Crippen molar-refractivity contribution in [2.75, 3.05) is 26.7 Å². The van der Waals surface area contributed by atoms with Crippen LogP contribution in [0.4, 0.5) is 5.69 Å². The molecule has 1 heterocycles. The zero-order valence-corrected chi connectivity index (χ0v) is 11.7. The molecule has 0 spiro atoms. The highest BCUT2D eigenvalue weighted by molar-refractivity contribution is 5.63. The van der Waals surface area contributed by atoms with Gasteiger partial charge in [-0.1, -0.05) is 0 Å². The van der Waals surface area contributed by atoms with Crippen molar-refractivity contribution < 1.29 is 23.7 Å². The first-order chi connectivity index (χ1) is 10.2. The predicted molar refractivity (Wildman–Crippen MR) is 76.6 cm³/mol. The van der Waals surface area contributed by atoms with Gasteiger partial charge >= 0.3 is 0 Å². The summed E-state index contributed by atoms with van der Waals surface area (Å²) in [5, 5.41) is 0. The maximum atomic E-state index is 5.96. The Kier molecular flexibility index (Phi) is 3.35. The second-order valence-corrected chi connectivity index (χ2v) is 4.36. The summed E-state index contributed by atoms with van der Waals surface area (Å²) in [6.45, 7) is 0.220. The molecule has 21 heavy (non-hydrogen) atoms. The van der Waals surface area contributed by atoms with Crippen LogP contribution in [0.3, 0.4) is 0 Å². The molecule has 0 atom stereocenters. The van der Waals surface area contributed by atoms with E-state index in [0.29, 0.717) is 40.2 Å². The van der Waals surface area contributed by atoms with Gasteiger partial charge in [0.15, 0.2) is 28.7 Å². The number of fused-ring (bicyclic) bond motifs is 1. The molecule has 0 aromatic heterocycles. The van der Waals surface area contributed by atoms with Gasteiger partial charge in [-0.3, -0.25) is 0 Å². The summed E-state index contributed by atoms with van der Waals surface area (Å²) in [6.07, 6.45) is 0. The maximum Gasteiger partial charge on any atom is 0.231 e. The summed E-state index contributed by atoms with van der Waals surface area (Å²) in [7, 11) is 3.11. The van der Waals surface area contributed by atoms with Gasteiger partial charge in [0.25, 0.3) is 0 Å². The Bertz CT molecular complexity index is 671. The number of hydrogen-bond acceptors (Lipinski definition) is 6. The SMILES string of the molecule is COc1cc(N)c(Oc2ccc3c(c2)OCO3)cc1OC. The Labute approximate surface area is 121 Å². The smallest absolute Gasteiger partial charge is 0.231 e. The maximum absolute atomic E-state index is 5.96. The lowest BCUT2D eigenvalue weighted by Crippen LogP contribution is -1.96. The highest BCUT2D eigenvalue weighted by Gasteiger charge is 2.15. The van der Waals surface area contributed by atoms with Gasteiger partial charge in [-0.15, -0.1) is 0 Å². The molecular formula is C15H15NO5. The van der Waals surface area contributed by atoms with E-state index in [1.807, 2.05) is 0 Å². The van der Waals surface area contributed by atoms with E-state index in [-0.39, 0.29) is 6.79 Å². The molecule has 6 nitrogen and oxygen atoms in total. The largest absolute Gasteiger partial charge is 0.493 e. The Balaban J connectivity index is 1.91. The van der Waals surface area contributed by atoms with Crippen LogP contribution in [0, 0.1) is 0 Å². The average molecular weight is 289 g/mol. The third-order valence-electron chi connectivity index (χ3n) is 3.09. The average Bonchev–Trinajstić information content (AvgIpc) is 2.96. The van der Waals surface area contributed by atoms with Crippen LogP contribution >= 0.6 is 0 Å². The molecule has 2 N–H and O–H groups in total. The number of hydrogen-bond donors (Lipinski definition) is 1. The first-order valence-electron chi connectivity index (χ1n) is 6.30. The molecule has 0 fully saturated rings. The number of ether oxygens (including phenoxy) is 5. The van der Waals surface area contributed by atoms with E-state index in [0.717, 1.165) is 0 Å². The highest BCUT2D eigenvalue weighted by atomic mass is 16.7. The van der Waals surface area contributed by atoms with Crippen LogP contribution < -0.4 is 29.4 Å². The fourth-order valence-electron chi connectivity index (χ4n) is 2.03. The molecule has 1 aliphatic rings. The van der Waals surface area contributed by atoms with Crippen LogP contribution in [0.1, 0.15) is 0 Å². The molecule has 3 rings (SSSR count). The van der Waals surface area contributed by atoms with Gasteiger partial charge < -0.3 is 29.4 Å². The minimum absolute atomic E-state index is 0.220. The normalized spacial score (nSPS) is 12.1. The molecule has 0 unspecified atom stereocenters. The summed E-state index contributed by atoms with van der Waals surface area (Å²) in [5.41, 5.74) is 6.41. The third-order valence-corrected chi connectivity index (χ3v) is 3.09. The molecule has 2 aromatic rings. The van der Waals surface area contributed by atoms with Crippen LogP contribution in [-0.2, 0) is 0 Å². The molecule has 0 radical (unpaired) electrons. The standard InChI is InChI=1S/C15H15NO5/c1-17-13-6-10(16)12(7-14(13)18-2)21-9-3-4-11-15(5-9)20-8-19-11/h3-7H,8,16H2,1-2H3. The van der Waals surface area contributed by atoms with E-state index in [4.69, 9.17) is 29.4 Å². The second-order valence-electron chi connectivity index (χ2n) is 4.36. The zero-order valence-electron chi connectivity index (χ0n) is 11.7. The van der Waals surface area contributed by atoms with E-state index in [2.05, 4.69) is 0 Å². The molecule has 0 saturated heterocycles. The van der Waals surface area contributed by atoms with Crippen LogP contribution in [0.15, 0.2) is 30.3 Å². The van der Waals surface area contributed by atoms with Crippen LogP contribution in [0.25, 0.3) is 0 Å².